The Labute approximate surface area is 91.3 Å². The van der Waals surface area contributed by atoms with Gasteiger partial charge in [0.05, 0.1) is 5.69 Å². The van der Waals surface area contributed by atoms with E-state index >= 15 is 0 Å². The van der Waals surface area contributed by atoms with Gasteiger partial charge in [0.25, 0.3) is 0 Å². The zero-order valence-corrected chi connectivity index (χ0v) is 9.67. The number of hydrogen-bond donors (Lipinski definition) is 2. The van der Waals surface area contributed by atoms with Crippen molar-refractivity contribution in [3.63, 3.8) is 0 Å². The minimum absolute atomic E-state index is 0.521. The maximum atomic E-state index is 4.53. The molecular weight excluding hydrogens is 186 g/mol. The standard InChI is InChI=1S/C12H19N3/c1-8(2)10-6-7-13-11-5-4-9(3)14-12(11)15-10/h4-5,8,10,13H,6-7H2,1-3H3,(H,14,15). The van der Waals surface area contributed by atoms with Gasteiger partial charge in [-0.3, -0.25) is 0 Å². The van der Waals surface area contributed by atoms with Crippen LogP contribution >= 0.6 is 0 Å². The lowest BCUT2D eigenvalue weighted by molar-refractivity contribution is 0.506. The average Bonchev–Trinajstić information content (AvgIpc) is 2.39. The van der Waals surface area contributed by atoms with Crippen LogP contribution in [-0.4, -0.2) is 17.6 Å². The van der Waals surface area contributed by atoms with Gasteiger partial charge < -0.3 is 10.6 Å². The SMILES string of the molecule is Cc1ccc2c(n1)NC(C(C)C)CCN2. The van der Waals surface area contributed by atoms with Crippen molar-refractivity contribution in [2.75, 3.05) is 17.2 Å². The van der Waals surface area contributed by atoms with Crippen LogP contribution < -0.4 is 10.6 Å². The van der Waals surface area contributed by atoms with Gasteiger partial charge in [-0.1, -0.05) is 13.8 Å². The van der Waals surface area contributed by atoms with E-state index < -0.39 is 0 Å². The maximum Gasteiger partial charge on any atom is 0.149 e. The molecule has 3 nitrogen and oxygen atoms in total. The van der Waals surface area contributed by atoms with Crippen LogP contribution in [0, 0.1) is 12.8 Å². The Morgan fingerprint density at radius 2 is 2.20 bits per heavy atom. The molecule has 0 fully saturated rings. The summed E-state index contributed by atoms with van der Waals surface area (Å²) < 4.78 is 0. The average molecular weight is 205 g/mol. The summed E-state index contributed by atoms with van der Waals surface area (Å²) in [6, 6.07) is 4.67. The van der Waals surface area contributed by atoms with Crippen molar-refractivity contribution >= 4 is 11.5 Å². The highest BCUT2D eigenvalue weighted by Crippen LogP contribution is 2.25. The van der Waals surface area contributed by atoms with Crippen LogP contribution in [0.15, 0.2) is 12.1 Å². The number of rotatable bonds is 1. The van der Waals surface area contributed by atoms with E-state index in [1.165, 1.54) is 0 Å². The van der Waals surface area contributed by atoms with Crippen LogP contribution in [0.1, 0.15) is 26.0 Å². The number of fused-ring (bicyclic) bond motifs is 1. The Morgan fingerprint density at radius 3 is 2.93 bits per heavy atom. The molecular formula is C12H19N3. The Bertz CT molecular complexity index is 347. The number of anilines is 2. The van der Waals surface area contributed by atoms with Gasteiger partial charge >= 0.3 is 0 Å². The molecule has 0 bridgehead atoms. The van der Waals surface area contributed by atoms with Gasteiger partial charge in [-0.2, -0.15) is 0 Å². The van der Waals surface area contributed by atoms with Gasteiger partial charge in [0.1, 0.15) is 5.82 Å². The molecule has 0 aromatic carbocycles. The Kier molecular flexibility index (Phi) is 2.80. The summed E-state index contributed by atoms with van der Waals surface area (Å²) in [5.41, 5.74) is 2.19. The van der Waals surface area contributed by atoms with Crippen molar-refractivity contribution in [2.45, 2.75) is 33.2 Å². The fraction of sp³-hybridized carbons (Fsp3) is 0.583. The molecule has 1 aromatic rings. The molecule has 0 aliphatic carbocycles. The van der Waals surface area contributed by atoms with Gasteiger partial charge in [-0.05, 0) is 31.4 Å². The summed E-state index contributed by atoms with van der Waals surface area (Å²) in [5, 5.41) is 6.94. The number of nitrogens with zero attached hydrogens (tertiary/aromatic N) is 1. The van der Waals surface area contributed by atoms with E-state index in [0.29, 0.717) is 12.0 Å². The van der Waals surface area contributed by atoms with Crippen LogP contribution in [0.2, 0.25) is 0 Å². The number of pyridine rings is 1. The summed E-state index contributed by atoms with van der Waals surface area (Å²) in [6.45, 7) is 7.54. The fourth-order valence-electron chi connectivity index (χ4n) is 1.92. The molecule has 0 saturated heterocycles. The molecule has 1 atom stereocenters. The van der Waals surface area contributed by atoms with E-state index in [4.69, 9.17) is 0 Å². The van der Waals surface area contributed by atoms with E-state index in [1.54, 1.807) is 0 Å². The molecule has 2 rings (SSSR count). The zero-order chi connectivity index (χ0) is 10.8. The van der Waals surface area contributed by atoms with Crippen LogP contribution in [0.5, 0.6) is 0 Å². The topological polar surface area (TPSA) is 37.0 Å². The third-order valence-electron chi connectivity index (χ3n) is 2.93. The van der Waals surface area contributed by atoms with E-state index in [1.807, 2.05) is 13.0 Å². The van der Waals surface area contributed by atoms with E-state index in [0.717, 1.165) is 30.2 Å². The minimum atomic E-state index is 0.521. The summed E-state index contributed by atoms with van der Waals surface area (Å²) in [5.74, 6) is 1.64. The van der Waals surface area contributed by atoms with Gasteiger partial charge in [0, 0.05) is 18.3 Å². The van der Waals surface area contributed by atoms with Crippen molar-refractivity contribution in [1.82, 2.24) is 4.98 Å². The monoisotopic (exact) mass is 205 g/mol. The minimum Gasteiger partial charge on any atom is -0.382 e. The molecule has 1 aliphatic heterocycles. The van der Waals surface area contributed by atoms with E-state index in [-0.39, 0.29) is 0 Å². The summed E-state index contributed by atoms with van der Waals surface area (Å²) in [7, 11) is 0. The molecule has 0 amide bonds. The molecule has 1 aliphatic rings. The maximum absolute atomic E-state index is 4.53. The lowest BCUT2D eigenvalue weighted by Gasteiger charge is -2.20. The first kappa shape index (κ1) is 10.3. The highest BCUT2D eigenvalue weighted by atomic mass is 15.1. The third-order valence-corrected chi connectivity index (χ3v) is 2.93. The zero-order valence-electron chi connectivity index (χ0n) is 9.67. The third kappa shape index (κ3) is 2.22. The number of nitrogens with one attached hydrogen (secondary N) is 2. The Balaban J connectivity index is 2.27. The number of aryl methyl sites for hydroxylation is 1. The van der Waals surface area contributed by atoms with Crippen molar-refractivity contribution in [1.29, 1.82) is 0 Å². The van der Waals surface area contributed by atoms with Crippen LogP contribution in [-0.2, 0) is 0 Å². The second kappa shape index (κ2) is 4.09. The first-order valence-electron chi connectivity index (χ1n) is 5.65. The molecule has 0 radical (unpaired) electrons. The normalized spacial score (nSPS) is 20.1. The smallest absolute Gasteiger partial charge is 0.149 e. The van der Waals surface area contributed by atoms with Crippen molar-refractivity contribution in [2.24, 2.45) is 5.92 Å². The summed E-state index contributed by atoms with van der Waals surface area (Å²) in [4.78, 5) is 4.53. The summed E-state index contributed by atoms with van der Waals surface area (Å²) in [6.07, 6.45) is 1.15. The van der Waals surface area contributed by atoms with Gasteiger partial charge in [0.15, 0.2) is 0 Å². The molecule has 15 heavy (non-hydrogen) atoms. The molecule has 0 spiro atoms. The fourth-order valence-corrected chi connectivity index (χ4v) is 1.92. The molecule has 82 valence electrons. The number of hydrogen-bond acceptors (Lipinski definition) is 3. The van der Waals surface area contributed by atoms with Crippen molar-refractivity contribution in [3.05, 3.63) is 17.8 Å². The van der Waals surface area contributed by atoms with Crippen LogP contribution in [0.3, 0.4) is 0 Å². The number of aromatic nitrogens is 1. The summed E-state index contributed by atoms with van der Waals surface area (Å²) >= 11 is 0. The second-order valence-corrected chi connectivity index (χ2v) is 4.56. The molecule has 1 aromatic heterocycles. The quantitative estimate of drug-likeness (QED) is 0.740. The van der Waals surface area contributed by atoms with Gasteiger partial charge in [-0.25, -0.2) is 4.98 Å². The highest BCUT2D eigenvalue weighted by molar-refractivity contribution is 5.65. The van der Waals surface area contributed by atoms with Gasteiger partial charge in [-0.15, -0.1) is 0 Å². The van der Waals surface area contributed by atoms with E-state index in [2.05, 4.69) is 35.5 Å². The van der Waals surface area contributed by atoms with Crippen molar-refractivity contribution in [3.8, 4) is 0 Å². The second-order valence-electron chi connectivity index (χ2n) is 4.56. The predicted molar refractivity (Wildman–Crippen MR) is 64.3 cm³/mol. The van der Waals surface area contributed by atoms with Crippen LogP contribution in [0.25, 0.3) is 0 Å². The Morgan fingerprint density at radius 1 is 1.40 bits per heavy atom. The lowest BCUT2D eigenvalue weighted by Crippen LogP contribution is -2.26. The van der Waals surface area contributed by atoms with E-state index in [9.17, 15) is 0 Å². The molecule has 3 heteroatoms. The first-order valence-corrected chi connectivity index (χ1v) is 5.65. The molecule has 2 N–H and O–H groups in total. The Hall–Kier alpha value is -1.25. The largest absolute Gasteiger partial charge is 0.382 e. The molecule has 0 saturated carbocycles. The van der Waals surface area contributed by atoms with Crippen molar-refractivity contribution < 1.29 is 0 Å². The predicted octanol–water partition coefficient (Wildman–Crippen LogP) is 2.64. The van der Waals surface area contributed by atoms with Gasteiger partial charge in [0.2, 0.25) is 0 Å². The lowest BCUT2D eigenvalue weighted by atomic mass is 10.0. The molecule has 2 heterocycles. The molecule has 1 unspecified atom stereocenters. The highest BCUT2D eigenvalue weighted by Gasteiger charge is 2.18. The van der Waals surface area contributed by atoms with Crippen LogP contribution in [0.4, 0.5) is 11.5 Å². The first-order chi connectivity index (χ1) is 7.16.